The summed E-state index contributed by atoms with van der Waals surface area (Å²) >= 11 is 0. The van der Waals surface area contributed by atoms with Gasteiger partial charge in [0.2, 0.25) is 0 Å². The zero-order valence-electron chi connectivity index (χ0n) is 46.6. The van der Waals surface area contributed by atoms with Crippen molar-refractivity contribution in [1.29, 1.82) is 0 Å². The number of furan rings is 1. The SMILES string of the molecule is CC1(C)c2cc(N(c3ccccc3)c3ccccc3)ccc2-c2ccc(-n3c4ccccc4c4c5oc6c(ccc7c6c6ccccc6n7-c6ccc7c(c6)C(C)(C)c6cc(N(c8ccccc8)c8ccccc8)ccc6-7)c5ccc43)cc21. The summed E-state index contributed by atoms with van der Waals surface area (Å²) in [5, 5.41) is 6.82. The van der Waals surface area contributed by atoms with Crippen molar-refractivity contribution in [2.75, 3.05) is 9.80 Å². The van der Waals surface area contributed by atoms with Gasteiger partial charge in [0, 0.05) is 77.9 Å². The molecule has 2 aliphatic rings. The maximum atomic E-state index is 7.45. The second kappa shape index (κ2) is 17.6. The van der Waals surface area contributed by atoms with Crippen LogP contribution < -0.4 is 9.80 Å². The first-order chi connectivity index (χ1) is 40.7. The predicted octanol–water partition coefficient (Wildman–Crippen LogP) is 21.3. The number of hydrogen-bond acceptors (Lipinski definition) is 3. The molecule has 0 atom stereocenters. The summed E-state index contributed by atoms with van der Waals surface area (Å²) in [7, 11) is 0. The maximum absolute atomic E-state index is 7.45. The van der Waals surface area contributed by atoms with E-state index < -0.39 is 0 Å². The average molecular weight is 1070 g/mol. The molecule has 83 heavy (non-hydrogen) atoms. The van der Waals surface area contributed by atoms with Crippen LogP contribution in [0.5, 0.6) is 0 Å². The van der Waals surface area contributed by atoms with Gasteiger partial charge >= 0.3 is 0 Å². The van der Waals surface area contributed by atoms with Crippen LogP contribution in [0.3, 0.4) is 0 Å². The molecule has 0 spiro atoms. The first-order valence-corrected chi connectivity index (χ1v) is 28.9. The van der Waals surface area contributed by atoms with Gasteiger partial charge in [0.25, 0.3) is 0 Å². The van der Waals surface area contributed by atoms with Gasteiger partial charge in [0.1, 0.15) is 11.2 Å². The van der Waals surface area contributed by atoms with Gasteiger partial charge in [-0.2, -0.15) is 0 Å². The van der Waals surface area contributed by atoms with Crippen molar-refractivity contribution in [3.8, 4) is 33.6 Å². The van der Waals surface area contributed by atoms with Crippen LogP contribution in [0.25, 0.3) is 99.2 Å². The molecule has 3 aromatic heterocycles. The first kappa shape index (κ1) is 47.4. The van der Waals surface area contributed by atoms with E-state index in [1.165, 1.54) is 55.3 Å². The summed E-state index contributed by atoms with van der Waals surface area (Å²) < 4.78 is 12.3. The number of fused-ring (bicyclic) bond motifs is 17. The van der Waals surface area contributed by atoms with E-state index in [2.05, 4.69) is 314 Å². The van der Waals surface area contributed by atoms with Gasteiger partial charge < -0.3 is 23.4 Å². The van der Waals surface area contributed by atoms with E-state index in [1.807, 2.05) is 0 Å². The number of benzene rings is 12. The fraction of sp³-hybridized carbons (Fsp3) is 0.0769. The maximum Gasteiger partial charge on any atom is 0.145 e. The van der Waals surface area contributed by atoms with Crippen LogP contribution in [0, 0.1) is 0 Å². The molecule has 3 heterocycles. The quantitative estimate of drug-likeness (QED) is 0.152. The molecule has 17 rings (SSSR count). The summed E-state index contributed by atoms with van der Waals surface area (Å²) in [5.74, 6) is 0. The highest BCUT2D eigenvalue weighted by Gasteiger charge is 2.39. The highest BCUT2D eigenvalue weighted by molar-refractivity contribution is 6.29. The van der Waals surface area contributed by atoms with Crippen LogP contribution in [-0.2, 0) is 10.8 Å². The Morgan fingerprint density at radius 3 is 0.976 bits per heavy atom. The lowest BCUT2D eigenvalue weighted by Gasteiger charge is -2.28. The molecule has 0 saturated heterocycles. The van der Waals surface area contributed by atoms with E-state index in [4.69, 9.17) is 4.42 Å². The monoisotopic (exact) mass is 1060 g/mol. The van der Waals surface area contributed by atoms with Crippen molar-refractivity contribution < 1.29 is 4.42 Å². The molecule has 2 aliphatic carbocycles. The summed E-state index contributed by atoms with van der Waals surface area (Å²) in [4.78, 5) is 4.72. The topological polar surface area (TPSA) is 29.5 Å². The second-order valence-electron chi connectivity index (χ2n) is 23.7. The minimum atomic E-state index is -0.260. The fourth-order valence-corrected chi connectivity index (χ4v) is 14.5. The fourth-order valence-electron chi connectivity index (χ4n) is 14.5. The highest BCUT2D eigenvalue weighted by atomic mass is 16.3. The third kappa shape index (κ3) is 6.82. The van der Waals surface area contributed by atoms with Crippen LogP contribution in [0.4, 0.5) is 34.1 Å². The molecule has 12 aromatic carbocycles. The summed E-state index contributed by atoms with van der Waals surface area (Å²) in [5.41, 5.74) is 25.4. The Morgan fingerprint density at radius 2 is 0.602 bits per heavy atom. The molecule has 394 valence electrons. The second-order valence-corrected chi connectivity index (χ2v) is 23.7. The summed E-state index contributed by atoms with van der Waals surface area (Å²) in [6.07, 6.45) is 0. The van der Waals surface area contributed by atoms with Gasteiger partial charge in [-0.1, -0.05) is 161 Å². The molecular formula is C78H56N4O. The highest BCUT2D eigenvalue weighted by Crippen LogP contribution is 2.54. The van der Waals surface area contributed by atoms with Crippen molar-refractivity contribution >= 4 is 99.7 Å². The van der Waals surface area contributed by atoms with Crippen LogP contribution in [0.1, 0.15) is 49.9 Å². The van der Waals surface area contributed by atoms with Gasteiger partial charge in [-0.3, -0.25) is 0 Å². The van der Waals surface area contributed by atoms with E-state index in [-0.39, 0.29) is 10.8 Å². The minimum Gasteiger partial charge on any atom is -0.455 e. The van der Waals surface area contributed by atoms with E-state index in [1.54, 1.807) is 0 Å². The number of rotatable bonds is 8. The Kier molecular flexibility index (Phi) is 10.0. The molecule has 15 aromatic rings. The number of para-hydroxylation sites is 6. The largest absolute Gasteiger partial charge is 0.455 e. The third-order valence-electron chi connectivity index (χ3n) is 18.5. The molecule has 0 radical (unpaired) electrons. The standard InChI is InChI=1S/C78H56N4O/c1-77(2)65-45-53(79(49-21-9-5-10-22-49)50-23-11-6-12-24-50)33-37-57(65)59-39-35-55(47-67(59)77)81-69-31-19-17-29-63(69)73-71(81)43-41-61-62-42-44-72-74(76(62)83-75(61)73)64-30-18-20-32-70(64)82(72)56-36-40-60-58-38-34-54(46-66(58)78(3,4)68(60)48-56)80(51-25-13-7-14-26-51)52-27-15-8-16-28-52/h5-48H,1-4H3. The number of nitrogens with zero attached hydrogens (tertiary/aromatic N) is 4. The van der Waals surface area contributed by atoms with Gasteiger partial charge in [0.05, 0.1) is 32.8 Å². The van der Waals surface area contributed by atoms with Gasteiger partial charge in [-0.15, -0.1) is 0 Å². The lowest BCUT2D eigenvalue weighted by Crippen LogP contribution is -2.17. The number of anilines is 6. The van der Waals surface area contributed by atoms with Crippen LogP contribution in [-0.4, -0.2) is 9.13 Å². The molecular weight excluding hydrogens is 1010 g/mol. The molecule has 0 fully saturated rings. The Hall–Kier alpha value is -10.4. The average Bonchev–Trinajstić information content (AvgIpc) is 2.77. The molecule has 0 N–H and O–H groups in total. The predicted molar refractivity (Wildman–Crippen MR) is 347 cm³/mol. The zero-order chi connectivity index (χ0) is 55.3. The summed E-state index contributed by atoms with van der Waals surface area (Å²) in [6.45, 7) is 9.53. The first-order valence-electron chi connectivity index (χ1n) is 28.9. The number of hydrogen-bond donors (Lipinski definition) is 0. The molecule has 0 unspecified atom stereocenters. The molecule has 5 heteroatoms. The van der Waals surface area contributed by atoms with Gasteiger partial charge in [-0.05, 0) is 178 Å². The van der Waals surface area contributed by atoms with Crippen LogP contribution in [0.15, 0.2) is 271 Å². The van der Waals surface area contributed by atoms with E-state index in [0.29, 0.717) is 0 Å². The molecule has 0 bridgehead atoms. The van der Waals surface area contributed by atoms with Crippen molar-refractivity contribution in [1.82, 2.24) is 9.13 Å². The number of aromatic nitrogens is 2. The smallest absolute Gasteiger partial charge is 0.145 e. The zero-order valence-corrected chi connectivity index (χ0v) is 46.6. The molecule has 0 saturated carbocycles. The Balaban J connectivity index is 0.778. The molecule has 5 nitrogen and oxygen atoms in total. The Bertz CT molecular complexity index is 4740. The molecule has 0 amide bonds. The van der Waals surface area contributed by atoms with Gasteiger partial charge in [0.15, 0.2) is 0 Å². The molecule has 0 aliphatic heterocycles. The third-order valence-corrected chi connectivity index (χ3v) is 18.5. The Morgan fingerprint density at radius 1 is 0.277 bits per heavy atom. The van der Waals surface area contributed by atoms with Crippen molar-refractivity contribution in [3.05, 3.63) is 289 Å². The van der Waals surface area contributed by atoms with Crippen molar-refractivity contribution in [2.45, 2.75) is 38.5 Å². The van der Waals surface area contributed by atoms with E-state index in [9.17, 15) is 0 Å². The summed E-state index contributed by atoms with van der Waals surface area (Å²) in [6, 6.07) is 97.9. The van der Waals surface area contributed by atoms with Crippen LogP contribution in [0.2, 0.25) is 0 Å². The Labute approximate surface area is 481 Å². The van der Waals surface area contributed by atoms with Gasteiger partial charge in [-0.25, -0.2) is 0 Å². The van der Waals surface area contributed by atoms with E-state index in [0.717, 1.165) is 100 Å². The van der Waals surface area contributed by atoms with Crippen molar-refractivity contribution in [2.24, 2.45) is 0 Å². The lowest BCUT2D eigenvalue weighted by atomic mass is 9.82. The van der Waals surface area contributed by atoms with Crippen LogP contribution >= 0.6 is 0 Å². The normalized spacial score (nSPS) is 13.7. The van der Waals surface area contributed by atoms with Crippen molar-refractivity contribution in [3.63, 3.8) is 0 Å². The van der Waals surface area contributed by atoms with E-state index >= 15 is 0 Å². The minimum absolute atomic E-state index is 0.260. The lowest BCUT2D eigenvalue weighted by molar-refractivity contribution is 0.660.